The highest BCUT2D eigenvalue weighted by Crippen LogP contribution is 2.23. The van der Waals surface area contributed by atoms with Gasteiger partial charge in [-0.05, 0) is 34.6 Å². The molecule has 2 aromatic rings. The van der Waals surface area contributed by atoms with Gasteiger partial charge in [-0.3, -0.25) is 9.78 Å². The van der Waals surface area contributed by atoms with Crippen molar-refractivity contribution >= 4 is 5.91 Å². The zero-order valence-electron chi connectivity index (χ0n) is 14.9. The second-order valence-corrected chi connectivity index (χ2v) is 7.20. The first-order valence-corrected chi connectivity index (χ1v) is 8.40. The molecule has 1 aromatic heterocycles. The van der Waals surface area contributed by atoms with Crippen molar-refractivity contribution in [3.05, 3.63) is 65.2 Å². The predicted molar refractivity (Wildman–Crippen MR) is 95.6 cm³/mol. The van der Waals surface area contributed by atoms with Crippen LogP contribution in [0.4, 0.5) is 4.39 Å². The van der Waals surface area contributed by atoms with Crippen molar-refractivity contribution in [1.29, 1.82) is 0 Å². The van der Waals surface area contributed by atoms with Crippen molar-refractivity contribution in [2.75, 3.05) is 6.54 Å². The van der Waals surface area contributed by atoms with E-state index in [1.165, 1.54) is 11.6 Å². The number of rotatable bonds is 6. The molecule has 0 fully saturated rings. The van der Waals surface area contributed by atoms with Gasteiger partial charge in [-0.25, -0.2) is 4.39 Å². The normalized spacial score (nSPS) is 12.7. The van der Waals surface area contributed by atoms with Crippen LogP contribution in [-0.2, 0) is 16.6 Å². The number of aryl methyl sites for hydroxylation is 1. The Morgan fingerprint density at radius 1 is 1.24 bits per heavy atom. The summed E-state index contributed by atoms with van der Waals surface area (Å²) in [7, 11) is 0. The lowest BCUT2D eigenvalue weighted by molar-refractivity contribution is -0.121. The van der Waals surface area contributed by atoms with Gasteiger partial charge in [0.25, 0.3) is 0 Å². The Morgan fingerprint density at radius 3 is 2.52 bits per heavy atom. The second kappa shape index (κ2) is 8.21. The van der Waals surface area contributed by atoms with Crippen LogP contribution in [0.2, 0.25) is 0 Å². The number of hydrogen-bond donors (Lipinski definition) is 2. The number of nitrogens with one attached hydrogen (secondary N) is 1. The predicted octanol–water partition coefficient (Wildman–Crippen LogP) is 3.30. The molecule has 2 N–H and O–H groups in total. The summed E-state index contributed by atoms with van der Waals surface area (Å²) in [5, 5.41) is 12.9. The van der Waals surface area contributed by atoms with Crippen LogP contribution < -0.4 is 5.32 Å². The Hall–Kier alpha value is -2.27. The molecule has 1 aromatic carbocycles. The number of benzene rings is 1. The molecule has 0 radical (unpaired) electrons. The van der Waals surface area contributed by atoms with E-state index in [2.05, 4.69) is 31.1 Å². The minimum absolute atomic E-state index is 0.0590. The summed E-state index contributed by atoms with van der Waals surface area (Å²) in [5.41, 5.74) is 2.69. The molecule has 1 atom stereocenters. The maximum absolute atomic E-state index is 13.0. The molecule has 1 amide bonds. The third-order valence-corrected chi connectivity index (χ3v) is 4.06. The van der Waals surface area contributed by atoms with E-state index in [1.807, 2.05) is 24.3 Å². The topological polar surface area (TPSA) is 62.2 Å². The van der Waals surface area contributed by atoms with Crippen molar-refractivity contribution in [1.82, 2.24) is 10.3 Å². The highest BCUT2D eigenvalue weighted by Gasteiger charge is 2.15. The highest BCUT2D eigenvalue weighted by molar-refractivity contribution is 5.76. The fraction of sp³-hybridized carbons (Fsp3) is 0.400. The molecule has 25 heavy (non-hydrogen) atoms. The van der Waals surface area contributed by atoms with Gasteiger partial charge in [0, 0.05) is 19.2 Å². The molecule has 0 bridgehead atoms. The van der Waals surface area contributed by atoms with Gasteiger partial charge in [0.2, 0.25) is 5.91 Å². The number of carbonyl (C=O) groups excluding carboxylic acids is 1. The van der Waals surface area contributed by atoms with Crippen molar-refractivity contribution < 1.29 is 14.3 Å². The van der Waals surface area contributed by atoms with Crippen LogP contribution in [0.25, 0.3) is 0 Å². The summed E-state index contributed by atoms with van der Waals surface area (Å²) >= 11 is 0. The van der Waals surface area contributed by atoms with Crippen molar-refractivity contribution in [3.63, 3.8) is 0 Å². The summed E-state index contributed by atoms with van der Waals surface area (Å²) in [4.78, 5) is 15.6. The van der Waals surface area contributed by atoms with E-state index in [0.717, 1.165) is 11.8 Å². The lowest BCUT2D eigenvalue weighted by Crippen LogP contribution is -2.28. The maximum atomic E-state index is 13.0. The van der Waals surface area contributed by atoms with Crippen LogP contribution in [0.15, 0.2) is 42.7 Å². The number of hydrogen-bond acceptors (Lipinski definition) is 3. The molecule has 1 unspecified atom stereocenters. The average molecular weight is 344 g/mol. The van der Waals surface area contributed by atoms with Crippen LogP contribution in [0.5, 0.6) is 0 Å². The van der Waals surface area contributed by atoms with E-state index in [9.17, 15) is 14.3 Å². The molecule has 0 saturated carbocycles. The number of halogens is 1. The minimum atomic E-state index is -0.756. The smallest absolute Gasteiger partial charge is 0.220 e. The number of aromatic nitrogens is 1. The molecule has 0 aliphatic heterocycles. The fourth-order valence-corrected chi connectivity index (χ4v) is 2.47. The Morgan fingerprint density at radius 2 is 1.92 bits per heavy atom. The number of amides is 1. The molecule has 4 nitrogen and oxygen atoms in total. The lowest BCUT2D eigenvalue weighted by Gasteiger charge is -2.20. The van der Waals surface area contributed by atoms with Crippen molar-refractivity contribution in [2.24, 2.45) is 0 Å². The van der Waals surface area contributed by atoms with Gasteiger partial charge < -0.3 is 10.4 Å². The van der Waals surface area contributed by atoms with E-state index in [-0.39, 0.29) is 24.3 Å². The van der Waals surface area contributed by atoms with Gasteiger partial charge in [-0.15, -0.1) is 0 Å². The Kier molecular flexibility index (Phi) is 6.26. The summed E-state index contributed by atoms with van der Waals surface area (Å²) in [6, 6.07) is 9.13. The standard InChI is InChI=1S/C20H25FN2O2/c1-20(2,3)16-7-5-15(6-8-16)18(24)13-23-19(25)9-4-14-10-17(21)12-22-11-14/h5-8,10-12,18,24H,4,9,13H2,1-3H3,(H,23,25). The molecule has 134 valence electrons. The molecule has 0 saturated heterocycles. The summed E-state index contributed by atoms with van der Waals surface area (Å²) < 4.78 is 13.0. The zero-order chi connectivity index (χ0) is 18.4. The van der Waals surface area contributed by atoms with E-state index >= 15 is 0 Å². The van der Waals surface area contributed by atoms with Crippen LogP contribution >= 0.6 is 0 Å². The molecule has 2 rings (SSSR count). The molecule has 0 aliphatic rings. The van der Waals surface area contributed by atoms with Gasteiger partial charge in [0.05, 0.1) is 12.3 Å². The van der Waals surface area contributed by atoms with Gasteiger partial charge in [-0.1, -0.05) is 45.0 Å². The molecular weight excluding hydrogens is 319 g/mol. The molecule has 5 heteroatoms. The number of pyridine rings is 1. The van der Waals surface area contributed by atoms with Crippen LogP contribution in [-0.4, -0.2) is 22.5 Å². The van der Waals surface area contributed by atoms with Crippen LogP contribution in [0, 0.1) is 5.82 Å². The number of aliphatic hydroxyl groups is 1. The van der Waals surface area contributed by atoms with E-state index in [1.54, 1.807) is 6.20 Å². The third kappa shape index (κ3) is 5.94. The van der Waals surface area contributed by atoms with E-state index in [0.29, 0.717) is 12.0 Å². The largest absolute Gasteiger partial charge is 0.387 e. The van der Waals surface area contributed by atoms with Gasteiger partial charge in [0.15, 0.2) is 0 Å². The van der Waals surface area contributed by atoms with E-state index in [4.69, 9.17) is 0 Å². The first-order chi connectivity index (χ1) is 11.8. The first-order valence-electron chi connectivity index (χ1n) is 8.40. The van der Waals surface area contributed by atoms with Crippen LogP contribution in [0.3, 0.4) is 0 Å². The lowest BCUT2D eigenvalue weighted by atomic mass is 9.86. The Bertz CT molecular complexity index is 708. The zero-order valence-corrected chi connectivity index (χ0v) is 14.9. The molecular formula is C20H25FN2O2. The summed E-state index contributed by atoms with van der Waals surface area (Å²) in [5.74, 6) is -0.596. The number of nitrogens with zero attached hydrogens (tertiary/aromatic N) is 1. The van der Waals surface area contributed by atoms with Crippen LogP contribution in [0.1, 0.15) is 50.0 Å². The molecule has 0 spiro atoms. The number of aliphatic hydroxyl groups excluding tert-OH is 1. The van der Waals surface area contributed by atoms with Gasteiger partial charge >= 0.3 is 0 Å². The fourth-order valence-electron chi connectivity index (χ4n) is 2.47. The van der Waals surface area contributed by atoms with E-state index < -0.39 is 11.9 Å². The van der Waals surface area contributed by atoms with Gasteiger partial charge in [0.1, 0.15) is 5.82 Å². The average Bonchev–Trinajstić information content (AvgIpc) is 2.57. The van der Waals surface area contributed by atoms with Crippen molar-refractivity contribution in [2.45, 2.75) is 45.1 Å². The second-order valence-electron chi connectivity index (χ2n) is 7.20. The highest BCUT2D eigenvalue weighted by atomic mass is 19.1. The molecule has 1 heterocycles. The monoisotopic (exact) mass is 344 g/mol. The minimum Gasteiger partial charge on any atom is -0.387 e. The Labute approximate surface area is 148 Å². The van der Waals surface area contributed by atoms with Gasteiger partial charge in [-0.2, -0.15) is 0 Å². The first kappa shape index (κ1) is 19.1. The third-order valence-electron chi connectivity index (χ3n) is 4.06. The summed E-state index contributed by atoms with van der Waals surface area (Å²) in [6.45, 7) is 6.54. The maximum Gasteiger partial charge on any atom is 0.220 e. The quantitative estimate of drug-likeness (QED) is 0.845. The number of carbonyl (C=O) groups is 1. The van der Waals surface area contributed by atoms with Crippen molar-refractivity contribution in [3.8, 4) is 0 Å². The molecule has 0 aliphatic carbocycles. The SMILES string of the molecule is CC(C)(C)c1ccc(C(O)CNC(=O)CCc2cncc(F)c2)cc1. The Balaban J connectivity index is 1.80. The summed E-state index contributed by atoms with van der Waals surface area (Å²) in [6.07, 6.45) is 2.55.